The average Bonchev–Trinajstić information content (AvgIpc) is 2.99. The topological polar surface area (TPSA) is 53.6 Å². The summed E-state index contributed by atoms with van der Waals surface area (Å²) < 4.78 is 0. The Labute approximate surface area is 153 Å². The van der Waals surface area contributed by atoms with Crippen LogP contribution in [0.15, 0.2) is 48.8 Å². The first-order valence-electron chi connectivity index (χ1n) is 8.20. The first-order chi connectivity index (χ1) is 11.9. The predicted octanol–water partition coefficient (Wildman–Crippen LogP) is 5.45. The van der Waals surface area contributed by atoms with Gasteiger partial charge in [-0.25, -0.2) is 0 Å². The minimum absolute atomic E-state index is 0.00875. The van der Waals surface area contributed by atoms with Gasteiger partial charge in [0.1, 0.15) is 0 Å². The van der Waals surface area contributed by atoms with Crippen molar-refractivity contribution in [1.82, 2.24) is 15.2 Å². The summed E-state index contributed by atoms with van der Waals surface area (Å²) in [6, 6.07) is 11.7. The molecule has 0 aliphatic heterocycles. The molecule has 3 rings (SSSR count). The maximum absolute atomic E-state index is 6.03. The van der Waals surface area contributed by atoms with Crippen LogP contribution in [-0.2, 0) is 0 Å². The summed E-state index contributed by atoms with van der Waals surface area (Å²) >= 11 is 6.03. The number of nitrogens with one attached hydrogen (secondary N) is 2. The van der Waals surface area contributed by atoms with Gasteiger partial charge in [0.2, 0.25) is 0 Å². The zero-order chi connectivity index (χ0) is 18.0. The molecule has 1 atom stereocenters. The van der Waals surface area contributed by atoms with Crippen molar-refractivity contribution in [3.8, 4) is 22.4 Å². The first-order valence-corrected chi connectivity index (χ1v) is 8.58. The second kappa shape index (κ2) is 6.89. The minimum Gasteiger partial charge on any atom is -0.365 e. The number of H-pyrrole nitrogens is 1. The van der Waals surface area contributed by atoms with Gasteiger partial charge in [0.15, 0.2) is 5.82 Å². The van der Waals surface area contributed by atoms with Crippen LogP contribution in [0.25, 0.3) is 22.4 Å². The lowest BCUT2D eigenvalue weighted by Gasteiger charge is -2.28. The molecule has 3 aromatic rings. The van der Waals surface area contributed by atoms with Crippen LogP contribution in [0.5, 0.6) is 0 Å². The molecule has 25 heavy (non-hydrogen) atoms. The Balaban J connectivity index is 2.09. The van der Waals surface area contributed by atoms with E-state index in [9.17, 15) is 0 Å². The van der Waals surface area contributed by atoms with E-state index in [4.69, 9.17) is 11.6 Å². The number of hydrogen-bond acceptors (Lipinski definition) is 3. The highest BCUT2D eigenvalue weighted by Crippen LogP contribution is 2.37. The number of aromatic amines is 1. The van der Waals surface area contributed by atoms with Crippen molar-refractivity contribution in [3.05, 3.63) is 60.7 Å². The second-order valence-corrected chi connectivity index (χ2v) is 7.56. The van der Waals surface area contributed by atoms with Gasteiger partial charge in [0, 0.05) is 29.0 Å². The number of halogens is 1. The van der Waals surface area contributed by atoms with Crippen molar-refractivity contribution in [3.63, 3.8) is 0 Å². The van der Waals surface area contributed by atoms with E-state index in [-0.39, 0.29) is 11.5 Å². The molecule has 5 heteroatoms. The fourth-order valence-corrected chi connectivity index (χ4v) is 2.58. The third kappa shape index (κ3) is 3.85. The van der Waals surface area contributed by atoms with Crippen molar-refractivity contribution < 1.29 is 0 Å². The normalized spacial score (nSPS) is 12.8. The summed E-state index contributed by atoms with van der Waals surface area (Å²) in [4.78, 5) is 4.12. The lowest BCUT2D eigenvalue weighted by atomic mass is 9.88. The van der Waals surface area contributed by atoms with Gasteiger partial charge in [0.05, 0.1) is 11.3 Å². The van der Waals surface area contributed by atoms with Gasteiger partial charge in [-0.2, -0.15) is 5.10 Å². The molecule has 1 aromatic carbocycles. The molecule has 0 amide bonds. The number of nitrogens with zero attached hydrogens (tertiary/aromatic N) is 2. The Morgan fingerprint density at radius 3 is 2.28 bits per heavy atom. The molecular formula is C20H22ClN4. The quantitative estimate of drug-likeness (QED) is 0.655. The Kier molecular flexibility index (Phi) is 4.82. The van der Waals surface area contributed by atoms with Gasteiger partial charge in [-0.1, -0.05) is 44.5 Å². The summed E-state index contributed by atoms with van der Waals surface area (Å²) in [5.41, 5.74) is 4.01. The first kappa shape index (κ1) is 17.5. The van der Waals surface area contributed by atoms with Crippen LogP contribution in [0.1, 0.15) is 20.8 Å². The van der Waals surface area contributed by atoms with Gasteiger partial charge in [-0.15, -0.1) is 0 Å². The van der Waals surface area contributed by atoms with E-state index in [0.29, 0.717) is 5.02 Å². The average molecular weight is 354 g/mol. The van der Waals surface area contributed by atoms with Crippen molar-refractivity contribution in [2.24, 2.45) is 5.41 Å². The molecule has 0 saturated heterocycles. The minimum atomic E-state index is 0.00875. The number of rotatable bonds is 4. The molecule has 2 heterocycles. The zero-order valence-corrected chi connectivity index (χ0v) is 15.4. The van der Waals surface area contributed by atoms with Crippen LogP contribution in [-0.4, -0.2) is 21.2 Å². The van der Waals surface area contributed by atoms with Crippen LogP contribution in [0.4, 0.5) is 5.82 Å². The van der Waals surface area contributed by atoms with Crippen molar-refractivity contribution in [2.45, 2.75) is 26.8 Å². The highest BCUT2D eigenvalue weighted by Gasteiger charge is 2.24. The van der Waals surface area contributed by atoms with E-state index in [1.54, 1.807) is 12.4 Å². The second-order valence-electron chi connectivity index (χ2n) is 7.13. The van der Waals surface area contributed by atoms with Crippen LogP contribution in [0, 0.1) is 12.3 Å². The smallest absolute Gasteiger partial charge is 0.156 e. The number of benzene rings is 1. The fourth-order valence-electron chi connectivity index (χ4n) is 2.45. The standard InChI is InChI=1S/C20H22ClN4/c1-13(20(2,3)4)23-19-17(14-9-11-22-12-10-14)18(24-25-19)15-5-7-16(21)8-6-15/h5-13H,1H2,2-4H3,(H2,23,24,25). The molecule has 1 radical (unpaired) electrons. The van der Waals surface area contributed by atoms with Gasteiger partial charge in [-0.3, -0.25) is 10.1 Å². The summed E-state index contributed by atoms with van der Waals surface area (Å²) in [5.74, 6) is 0.783. The zero-order valence-electron chi connectivity index (χ0n) is 14.7. The lowest BCUT2D eigenvalue weighted by molar-refractivity contribution is 0.382. The molecule has 0 aliphatic carbocycles. The van der Waals surface area contributed by atoms with E-state index in [1.807, 2.05) is 36.4 Å². The molecule has 4 nitrogen and oxygen atoms in total. The molecule has 2 aromatic heterocycles. The third-order valence-electron chi connectivity index (χ3n) is 4.22. The summed E-state index contributed by atoms with van der Waals surface area (Å²) in [6.45, 7) is 10.7. The predicted molar refractivity (Wildman–Crippen MR) is 104 cm³/mol. The van der Waals surface area contributed by atoms with Crippen LogP contribution < -0.4 is 5.32 Å². The van der Waals surface area contributed by atoms with E-state index in [1.165, 1.54) is 0 Å². The van der Waals surface area contributed by atoms with Crippen molar-refractivity contribution in [1.29, 1.82) is 0 Å². The largest absolute Gasteiger partial charge is 0.365 e. The number of aromatic nitrogens is 3. The fraction of sp³-hybridized carbons (Fsp3) is 0.250. The molecule has 0 fully saturated rings. The van der Waals surface area contributed by atoms with Crippen LogP contribution in [0.3, 0.4) is 0 Å². The maximum Gasteiger partial charge on any atom is 0.156 e. The molecule has 1 unspecified atom stereocenters. The van der Waals surface area contributed by atoms with Crippen LogP contribution in [0.2, 0.25) is 5.02 Å². The SMILES string of the molecule is [CH2]C(Nc1n[nH]c(-c2ccc(Cl)cc2)c1-c1ccncc1)C(C)(C)C. The van der Waals surface area contributed by atoms with Crippen LogP contribution >= 0.6 is 11.6 Å². The monoisotopic (exact) mass is 353 g/mol. The third-order valence-corrected chi connectivity index (χ3v) is 4.48. The summed E-state index contributed by atoms with van der Waals surface area (Å²) in [5, 5.41) is 11.8. The molecule has 0 saturated carbocycles. The Bertz CT molecular complexity index is 832. The number of anilines is 1. The highest BCUT2D eigenvalue weighted by molar-refractivity contribution is 6.30. The molecule has 2 N–H and O–H groups in total. The van der Waals surface area contributed by atoms with E-state index in [2.05, 4.69) is 48.2 Å². The van der Waals surface area contributed by atoms with E-state index in [0.717, 1.165) is 28.2 Å². The Morgan fingerprint density at radius 2 is 1.68 bits per heavy atom. The molecule has 0 spiro atoms. The van der Waals surface area contributed by atoms with Gasteiger partial charge in [0.25, 0.3) is 0 Å². The highest BCUT2D eigenvalue weighted by atomic mass is 35.5. The molecule has 129 valence electrons. The van der Waals surface area contributed by atoms with E-state index >= 15 is 0 Å². The number of pyridine rings is 1. The maximum atomic E-state index is 6.03. The molecular weight excluding hydrogens is 332 g/mol. The Morgan fingerprint density at radius 1 is 1.04 bits per heavy atom. The summed E-state index contributed by atoms with van der Waals surface area (Å²) in [7, 11) is 0. The lowest BCUT2D eigenvalue weighted by Crippen LogP contribution is -2.31. The van der Waals surface area contributed by atoms with Gasteiger partial charge < -0.3 is 5.32 Å². The van der Waals surface area contributed by atoms with E-state index < -0.39 is 0 Å². The number of hydrogen-bond donors (Lipinski definition) is 2. The molecule has 0 bridgehead atoms. The van der Waals surface area contributed by atoms with Gasteiger partial charge >= 0.3 is 0 Å². The van der Waals surface area contributed by atoms with Crippen molar-refractivity contribution in [2.75, 3.05) is 5.32 Å². The Hall–Kier alpha value is -2.33. The molecule has 0 aliphatic rings. The van der Waals surface area contributed by atoms with Gasteiger partial charge in [-0.05, 0) is 42.2 Å². The van der Waals surface area contributed by atoms with Crippen molar-refractivity contribution >= 4 is 17.4 Å². The summed E-state index contributed by atoms with van der Waals surface area (Å²) in [6.07, 6.45) is 3.56.